The van der Waals surface area contributed by atoms with Crippen LogP contribution in [0.4, 0.5) is 0 Å². The van der Waals surface area contributed by atoms with Crippen LogP contribution >= 0.6 is 0 Å². The van der Waals surface area contributed by atoms with Gasteiger partial charge >= 0.3 is 0 Å². The minimum absolute atomic E-state index is 0.103. The van der Waals surface area contributed by atoms with Crippen molar-refractivity contribution in [3.8, 4) is 0 Å². The fourth-order valence-electron chi connectivity index (χ4n) is 2.98. The van der Waals surface area contributed by atoms with Crippen LogP contribution < -0.4 is 10.6 Å². The Balaban J connectivity index is 1.68. The van der Waals surface area contributed by atoms with Crippen LogP contribution in [-0.4, -0.2) is 49.6 Å². The van der Waals surface area contributed by atoms with Gasteiger partial charge in [-0.25, -0.2) is 0 Å². The van der Waals surface area contributed by atoms with Gasteiger partial charge in [-0.1, -0.05) is 0 Å². The van der Waals surface area contributed by atoms with Gasteiger partial charge < -0.3 is 15.5 Å². The summed E-state index contributed by atoms with van der Waals surface area (Å²) in [7, 11) is 0. The van der Waals surface area contributed by atoms with Gasteiger partial charge in [0.1, 0.15) is 0 Å². The summed E-state index contributed by atoms with van der Waals surface area (Å²) in [6.07, 6.45) is 5.08. The Hall–Kier alpha value is -0.610. The third-order valence-electron chi connectivity index (χ3n) is 4.11. The van der Waals surface area contributed by atoms with Gasteiger partial charge in [0.25, 0.3) is 0 Å². The molecule has 0 aromatic rings. The smallest absolute Gasteiger partial charge is 0.216 e. The number of hydrogen-bond donors (Lipinski definition) is 2. The molecular formula is C13H25N3O. The van der Waals surface area contributed by atoms with Gasteiger partial charge in [-0.2, -0.15) is 0 Å². The number of piperidine rings is 2. The molecule has 0 bridgehead atoms. The maximum absolute atomic E-state index is 10.9. The first kappa shape index (κ1) is 12.8. The Morgan fingerprint density at radius 3 is 2.47 bits per heavy atom. The lowest BCUT2D eigenvalue weighted by Crippen LogP contribution is -2.47. The van der Waals surface area contributed by atoms with E-state index in [-0.39, 0.29) is 5.91 Å². The Bertz CT molecular complexity index is 243. The molecule has 2 aliphatic rings. The van der Waals surface area contributed by atoms with Crippen LogP contribution in [0.15, 0.2) is 0 Å². The first-order valence-corrected chi connectivity index (χ1v) is 6.95. The molecule has 0 radical (unpaired) electrons. The van der Waals surface area contributed by atoms with E-state index >= 15 is 0 Å². The molecule has 98 valence electrons. The third-order valence-corrected chi connectivity index (χ3v) is 4.11. The highest BCUT2D eigenvalue weighted by molar-refractivity contribution is 5.72. The maximum atomic E-state index is 10.9. The van der Waals surface area contributed by atoms with E-state index in [2.05, 4.69) is 15.5 Å². The van der Waals surface area contributed by atoms with Gasteiger partial charge in [-0.15, -0.1) is 0 Å². The van der Waals surface area contributed by atoms with Gasteiger partial charge in [-0.05, 0) is 57.8 Å². The Kier molecular flexibility index (Phi) is 4.80. The van der Waals surface area contributed by atoms with Crippen molar-refractivity contribution in [2.45, 2.75) is 38.6 Å². The fraction of sp³-hybridized carbons (Fsp3) is 0.923. The van der Waals surface area contributed by atoms with Crippen LogP contribution in [0, 0.1) is 5.92 Å². The molecule has 17 heavy (non-hydrogen) atoms. The largest absolute Gasteiger partial charge is 0.356 e. The monoisotopic (exact) mass is 239 g/mol. The molecule has 2 heterocycles. The predicted octanol–water partition coefficient (Wildman–Crippen LogP) is 0.587. The van der Waals surface area contributed by atoms with Crippen molar-refractivity contribution < 1.29 is 4.79 Å². The average Bonchev–Trinajstić information content (AvgIpc) is 2.38. The summed E-state index contributed by atoms with van der Waals surface area (Å²) in [6, 6.07) is 0.804. The number of rotatable bonds is 3. The molecule has 4 heteroatoms. The first-order chi connectivity index (χ1) is 8.25. The molecule has 2 rings (SSSR count). The molecule has 0 unspecified atom stereocenters. The summed E-state index contributed by atoms with van der Waals surface area (Å²) in [5.74, 6) is 0.794. The van der Waals surface area contributed by atoms with Gasteiger partial charge in [0.15, 0.2) is 0 Å². The molecule has 0 atom stereocenters. The van der Waals surface area contributed by atoms with Crippen LogP contribution in [0.1, 0.15) is 32.6 Å². The zero-order valence-corrected chi connectivity index (χ0v) is 10.9. The molecule has 0 aliphatic carbocycles. The zero-order chi connectivity index (χ0) is 12.1. The SMILES string of the molecule is CC(=O)NCC1CCN(C2CCNCC2)CC1. The second kappa shape index (κ2) is 6.36. The molecule has 0 aromatic heterocycles. The number of carbonyl (C=O) groups excluding carboxylic acids is 1. The minimum Gasteiger partial charge on any atom is -0.356 e. The van der Waals surface area contributed by atoms with Crippen LogP contribution in [0.25, 0.3) is 0 Å². The molecule has 2 aliphatic heterocycles. The number of hydrogen-bond acceptors (Lipinski definition) is 3. The number of nitrogens with zero attached hydrogens (tertiary/aromatic N) is 1. The van der Waals surface area contributed by atoms with Crippen LogP contribution in [0.2, 0.25) is 0 Å². The normalized spacial score (nSPS) is 24.8. The maximum Gasteiger partial charge on any atom is 0.216 e. The van der Waals surface area contributed by atoms with E-state index in [4.69, 9.17) is 0 Å². The molecular weight excluding hydrogens is 214 g/mol. The predicted molar refractivity (Wildman–Crippen MR) is 68.9 cm³/mol. The van der Waals surface area contributed by atoms with Gasteiger partial charge in [-0.3, -0.25) is 4.79 Å². The van der Waals surface area contributed by atoms with Crippen LogP contribution in [0.3, 0.4) is 0 Å². The van der Waals surface area contributed by atoms with Gasteiger partial charge in [0.05, 0.1) is 0 Å². The standard InChI is InChI=1S/C13H25N3O/c1-11(17)15-10-12-4-8-16(9-5-12)13-2-6-14-7-3-13/h12-14H,2-10H2,1H3,(H,15,17). The summed E-state index contributed by atoms with van der Waals surface area (Å²) in [4.78, 5) is 13.5. The summed E-state index contributed by atoms with van der Waals surface area (Å²) in [5, 5.41) is 6.36. The highest BCUT2D eigenvalue weighted by atomic mass is 16.1. The van der Waals surface area contributed by atoms with Crippen molar-refractivity contribution in [2.75, 3.05) is 32.7 Å². The van der Waals surface area contributed by atoms with Gasteiger partial charge in [0.2, 0.25) is 5.91 Å². The highest BCUT2D eigenvalue weighted by Crippen LogP contribution is 2.21. The highest BCUT2D eigenvalue weighted by Gasteiger charge is 2.25. The van der Waals surface area contributed by atoms with Crippen LogP contribution in [-0.2, 0) is 4.79 Å². The second-order valence-corrected chi connectivity index (χ2v) is 5.40. The summed E-state index contributed by atoms with van der Waals surface area (Å²) in [5.41, 5.74) is 0. The topological polar surface area (TPSA) is 44.4 Å². The third kappa shape index (κ3) is 3.96. The summed E-state index contributed by atoms with van der Waals surface area (Å²) < 4.78 is 0. The number of likely N-dealkylation sites (tertiary alicyclic amines) is 1. The van der Waals surface area contributed by atoms with E-state index in [1.54, 1.807) is 6.92 Å². The Morgan fingerprint density at radius 1 is 1.24 bits per heavy atom. The van der Waals surface area contributed by atoms with Crippen molar-refractivity contribution in [1.29, 1.82) is 0 Å². The van der Waals surface area contributed by atoms with Crippen molar-refractivity contribution >= 4 is 5.91 Å². The second-order valence-electron chi connectivity index (χ2n) is 5.40. The summed E-state index contributed by atoms with van der Waals surface area (Å²) in [6.45, 7) is 7.26. The van der Waals surface area contributed by atoms with E-state index in [9.17, 15) is 4.79 Å². The minimum atomic E-state index is 0.103. The van der Waals surface area contributed by atoms with E-state index in [0.717, 1.165) is 12.6 Å². The quantitative estimate of drug-likeness (QED) is 0.757. The lowest BCUT2D eigenvalue weighted by Gasteiger charge is -2.39. The van der Waals surface area contributed by atoms with Crippen LogP contribution in [0.5, 0.6) is 0 Å². The molecule has 0 aromatic carbocycles. The van der Waals surface area contributed by atoms with E-state index < -0.39 is 0 Å². The first-order valence-electron chi connectivity index (χ1n) is 6.95. The molecule has 2 N–H and O–H groups in total. The van der Waals surface area contributed by atoms with E-state index in [0.29, 0.717) is 5.92 Å². The van der Waals surface area contributed by atoms with Crippen molar-refractivity contribution in [1.82, 2.24) is 15.5 Å². The van der Waals surface area contributed by atoms with Crippen molar-refractivity contribution in [2.24, 2.45) is 5.92 Å². The molecule has 4 nitrogen and oxygen atoms in total. The molecule has 2 fully saturated rings. The molecule has 0 saturated carbocycles. The molecule has 1 amide bonds. The van der Waals surface area contributed by atoms with Gasteiger partial charge in [0, 0.05) is 19.5 Å². The fourth-order valence-corrected chi connectivity index (χ4v) is 2.98. The Morgan fingerprint density at radius 2 is 1.88 bits per heavy atom. The number of amides is 1. The lowest BCUT2D eigenvalue weighted by atomic mass is 9.93. The number of nitrogens with one attached hydrogen (secondary N) is 2. The lowest BCUT2D eigenvalue weighted by molar-refractivity contribution is -0.119. The zero-order valence-electron chi connectivity index (χ0n) is 10.9. The molecule has 2 saturated heterocycles. The molecule has 0 spiro atoms. The summed E-state index contributed by atoms with van der Waals surface area (Å²) >= 11 is 0. The van der Waals surface area contributed by atoms with E-state index in [1.165, 1.54) is 51.9 Å². The van der Waals surface area contributed by atoms with E-state index in [1.807, 2.05) is 0 Å². The van der Waals surface area contributed by atoms with Crippen molar-refractivity contribution in [3.05, 3.63) is 0 Å². The average molecular weight is 239 g/mol. The van der Waals surface area contributed by atoms with Crippen molar-refractivity contribution in [3.63, 3.8) is 0 Å². The Labute approximate surface area is 104 Å². The number of carbonyl (C=O) groups is 1.